The van der Waals surface area contributed by atoms with Crippen molar-refractivity contribution < 1.29 is 14.3 Å². The van der Waals surface area contributed by atoms with Gasteiger partial charge in [0.25, 0.3) is 0 Å². The molecule has 1 aliphatic heterocycles. The number of rotatable bonds is 4. The van der Waals surface area contributed by atoms with Gasteiger partial charge in [-0.3, -0.25) is 4.79 Å². The van der Waals surface area contributed by atoms with Gasteiger partial charge in [-0.1, -0.05) is 25.7 Å². The minimum Gasteiger partial charge on any atom is -0.464 e. The van der Waals surface area contributed by atoms with Crippen LogP contribution in [0.5, 0.6) is 0 Å². The second-order valence-electron chi connectivity index (χ2n) is 6.06. The number of amides is 1. The van der Waals surface area contributed by atoms with Crippen LogP contribution in [0.2, 0.25) is 0 Å². The fourth-order valence-electron chi connectivity index (χ4n) is 3.48. The molecule has 2 aliphatic rings. The molecule has 4 nitrogen and oxygen atoms in total. The third-order valence-electron chi connectivity index (χ3n) is 4.57. The predicted molar refractivity (Wildman–Crippen MR) is 77.2 cm³/mol. The molecule has 0 aromatic rings. The van der Waals surface area contributed by atoms with E-state index < -0.39 is 0 Å². The summed E-state index contributed by atoms with van der Waals surface area (Å²) in [5.74, 6) is 0.458. The van der Waals surface area contributed by atoms with Gasteiger partial charge >= 0.3 is 5.97 Å². The number of esters is 1. The molecule has 114 valence electrons. The second kappa shape index (κ2) is 7.65. The van der Waals surface area contributed by atoms with E-state index in [0.29, 0.717) is 18.9 Å². The van der Waals surface area contributed by atoms with E-state index in [-0.39, 0.29) is 17.9 Å². The van der Waals surface area contributed by atoms with Gasteiger partial charge in [-0.05, 0) is 38.5 Å². The first kappa shape index (κ1) is 15.3. The molecule has 4 heteroatoms. The molecule has 2 fully saturated rings. The number of hydrogen-bond acceptors (Lipinski definition) is 3. The van der Waals surface area contributed by atoms with Crippen molar-refractivity contribution in [3.05, 3.63) is 0 Å². The summed E-state index contributed by atoms with van der Waals surface area (Å²) in [5.41, 5.74) is 0. The molecular formula is C16H27NO3. The van der Waals surface area contributed by atoms with Crippen LogP contribution in [0.15, 0.2) is 0 Å². The normalized spacial score (nSPS) is 24.4. The molecule has 1 aliphatic carbocycles. The van der Waals surface area contributed by atoms with Crippen LogP contribution >= 0.6 is 0 Å². The summed E-state index contributed by atoms with van der Waals surface area (Å²) >= 11 is 0. The maximum Gasteiger partial charge on any atom is 0.328 e. The first-order valence-electron chi connectivity index (χ1n) is 8.18. The van der Waals surface area contributed by atoms with E-state index in [1.54, 1.807) is 4.90 Å². The summed E-state index contributed by atoms with van der Waals surface area (Å²) in [6, 6.07) is -0.326. The number of likely N-dealkylation sites (tertiary alicyclic amines) is 1. The number of carbonyl (C=O) groups is 2. The summed E-state index contributed by atoms with van der Waals surface area (Å²) in [6.45, 7) is 2.92. The van der Waals surface area contributed by atoms with E-state index in [1.807, 2.05) is 6.92 Å². The van der Waals surface area contributed by atoms with Crippen molar-refractivity contribution in [2.24, 2.45) is 5.92 Å². The fourth-order valence-corrected chi connectivity index (χ4v) is 3.48. The lowest BCUT2D eigenvalue weighted by Crippen LogP contribution is -2.42. The molecule has 1 heterocycles. The quantitative estimate of drug-likeness (QED) is 0.588. The summed E-state index contributed by atoms with van der Waals surface area (Å²) < 4.78 is 5.08. The van der Waals surface area contributed by atoms with E-state index in [9.17, 15) is 9.59 Å². The van der Waals surface area contributed by atoms with Gasteiger partial charge in [0.05, 0.1) is 6.61 Å². The third-order valence-corrected chi connectivity index (χ3v) is 4.57. The Bertz CT molecular complexity index is 335. The van der Waals surface area contributed by atoms with Crippen LogP contribution in [0.4, 0.5) is 0 Å². The van der Waals surface area contributed by atoms with Crippen molar-refractivity contribution >= 4 is 11.9 Å². The van der Waals surface area contributed by atoms with E-state index >= 15 is 0 Å². The smallest absolute Gasteiger partial charge is 0.328 e. The summed E-state index contributed by atoms with van der Waals surface area (Å²) in [5, 5.41) is 0. The molecule has 0 N–H and O–H groups in total. The monoisotopic (exact) mass is 281 g/mol. The van der Waals surface area contributed by atoms with Crippen LogP contribution in [0.3, 0.4) is 0 Å². The zero-order valence-electron chi connectivity index (χ0n) is 12.6. The molecule has 0 radical (unpaired) electrons. The Hall–Kier alpha value is -1.06. The second-order valence-corrected chi connectivity index (χ2v) is 6.06. The van der Waals surface area contributed by atoms with E-state index in [1.165, 1.54) is 38.5 Å². The maximum absolute atomic E-state index is 12.5. The Labute approximate surface area is 121 Å². The fraction of sp³-hybridized carbons (Fsp3) is 0.875. The van der Waals surface area contributed by atoms with Crippen LogP contribution in [0.25, 0.3) is 0 Å². The molecular weight excluding hydrogens is 254 g/mol. The van der Waals surface area contributed by atoms with E-state index in [4.69, 9.17) is 4.74 Å². The highest BCUT2D eigenvalue weighted by atomic mass is 16.5. The van der Waals surface area contributed by atoms with Crippen LogP contribution < -0.4 is 0 Å². The molecule has 1 unspecified atom stereocenters. The Kier molecular flexibility index (Phi) is 5.86. The van der Waals surface area contributed by atoms with Gasteiger partial charge in [-0.25, -0.2) is 4.79 Å². The summed E-state index contributed by atoms with van der Waals surface area (Å²) in [4.78, 5) is 26.1. The lowest BCUT2D eigenvalue weighted by atomic mass is 9.96. The van der Waals surface area contributed by atoms with E-state index in [2.05, 4.69) is 0 Å². The first-order valence-corrected chi connectivity index (χ1v) is 8.18. The van der Waals surface area contributed by atoms with Crippen LogP contribution in [0.1, 0.15) is 64.7 Å². The van der Waals surface area contributed by atoms with Gasteiger partial charge in [0.15, 0.2) is 0 Å². The van der Waals surface area contributed by atoms with Crippen molar-refractivity contribution in [1.82, 2.24) is 4.90 Å². The highest BCUT2D eigenvalue weighted by Crippen LogP contribution is 2.28. The van der Waals surface area contributed by atoms with E-state index in [0.717, 1.165) is 19.4 Å². The summed E-state index contributed by atoms with van der Waals surface area (Å²) in [6.07, 6.45) is 9.75. The highest BCUT2D eigenvalue weighted by Gasteiger charge is 2.35. The Morgan fingerprint density at radius 3 is 2.40 bits per heavy atom. The minimum absolute atomic E-state index is 0.160. The minimum atomic E-state index is -0.326. The van der Waals surface area contributed by atoms with Crippen molar-refractivity contribution in [2.45, 2.75) is 70.8 Å². The SMILES string of the molecule is CCOC(=O)C1CCCN1C(=O)CC1CCCCCC1. The molecule has 0 spiro atoms. The van der Waals surface area contributed by atoms with Crippen molar-refractivity contribution in [2.75, 3.05) is 13.2 Å². The molecule has 0 aromatic carbocycles. The Balaban J connectivity index is 1.88. The van der Waals surface area contributed by atoms with Gasteiger partial charge in [-0.2, -0.15) is 0 Å². The van der Waals surface area contributed by atoms with Crippen molar-refractivity contribution in [1.29, 1.82) is 0 Å². The highest BCUT2D eigenvalue weighted by molar-refractivity contribution is 5.85. The molecule has 0 bridgehead atoms. The molecule has 0 aromatic heterocycles. The van der Waals surface area contributed by atoms with Gasteiger partial charge in [-0.15, -0.1) is 0 Å². The molecule has 1 atom stereocenters. The average Bonchev–Trinajstić information content (AvgIpc) is 2.79. The summed E-state index contributed by atoms with van der Waals surface area (Å²) in [7, 11) is 0. The Morgan fingerprint density at radius 2 is 1.75 bits per heavy atom. The Morgan fingerprint density at radius 1 is 1.05 bits per heavy atom. The van der Waals surface area contributed by atoms with Gasteiger partial charge < -0.3 is 9.64 Å². The van der Waals surface area contributed by atoms with Crippen molar-refractivity contribution in [3.8, 4) is 0 Å². The number of carbonyl (C=O) groups excluding carboxylic acids is 2. The number of ether oxygens (including phenoxy) is 1. The third kappa shape index (κ3) is 3.97. The molecule has 1 saturated carbocycles. The van der Waals surface area contributed by atoms with Gasteiger partial charge in [0.2, 0.25) is 5.91 Å². The van der Waals surface area contributed by atoms with Gasteiger partial charge in [0, 0.05) is 13.0 Å². The maximum atomic E-state index is 12.5. The molecule has 2 rings (SSSR count). The largest absolute Gasteiger partial charge is 0.464 e. The molecule has 1 saturated heterocycles. The number of nitrogens with zero attached hydrogens (tertiary/aromatic N) is 1. The van der Waals surface area contributed by atoms with Crippen LogP contribution in [-0.2, 0) is 14.3 Å². The zero-order chi connectivity index (χ0) is 14.4. The standard InChI is InChI=1S/C16H27NO3/c1-2-20-16(19)14-10-7-11-17(14)15(18)12-13-8-5-3-4-6-9-13/h13-14H,2-12H2,1H3. The van der Waals surface area contributed by atoms with Gasteiger partial charge in [0.1, 0.15) is 6.04 Å². The molecule has 20 heavy (non-hydrogen) atoms. The van der Waals surface area contributed by atoms with Crippen molar-refractivity contribution in [3.63, 3.8) is 0 Å². The first-order chi connectivity index (χ1) is 9.72. The molecule has 1 amide bonds. The lowest BCUT2D eigenvalue weighted by molar-refractivity contribution is -0.153. The average molecular weight is 281 g/mol. The van der Waals surface area contributed by atoms with Crippen LogP contribution in [-0.4, -0.2) is 36.0 Å². The predicted octanol–water partition coefficient (Wildman–Crippen LogP) is 2.90. The lowest BCUT2D eigenvalue weighted by Gasteiger charge is -2.25. The topological polar surface area (TPSA) is 46.6 Å². The zero-order valence-corrected chi connectivity index (χ0v) is 12.6. The number of hydrogen-bond donors (Lipinski definition) is 0. The van der Waals surface area contributed by atoms with Crippen LogP contribution in [0, 0.1) is 5.92 Å².